The van der Waals surface area contributed by atoms with Crippen molar-refractivity contribution in [2.45, 2.75) is 97.3 Å². The molecular formula is C18H36O. The molecule has 0 spiro atoms. The molecule has 0 aliphatic rings. The highest BCUT2D eigenvalue weighted by Crippen LogP contribution is 2.12. The number of rotatable bonds is 15. The van der Waals surface area contributed by atoms with Crippen molar-refractivity contribution in [3.05, 3.63) is 12.3 Å². The first-order chi connectivity index (χ1) is 9.31. The van der Waals surface area contributed by atoms with Crippen LogP contribution in [-0.2, 0) is 4.74 Å². The number of ether oxygens (including phenoxy) is 1. The van der Waals surface area contributed by atoms with Crippen LogP contribution >= 0.6 is 0 Å². The molecule has 0 rings (SSSR count). The summed E-state index contributed by atoms with van der Waals surface area (Å²) < 4.78 is 5.49. The van der Waals surface area contributed by atoms with Gasteiger partial charge in [-0.3, -0.25) is 0 Å². The summed E-state index contributed by atoms with van der Waals surface area (Å²) in [5.74, 6) is 0.933. The summed E-state index contributed by atoms with van der Waals surface area (Å²) in [4.78, 5) is 0. The molecule has 0 heterocycles. The third-order valence-corrected chi connectivity index (χ3v) is 3.70. The lowest BCUT2D eigenvalue weighted by Gasteiger charge is -2.06. The van der Waals surface area contributed by atoms with E-state index in [2.05, 4.69) is 20.4 Å². The summed E-state index contributed by atoms with van der Waals surface area (Å²) in [5.41, 5.74) is 0. The largest absolute Gasteiger partial charge is 0.499 e. The van der Waals surface area contributed by atoms with Crippen LogP contribution in [0.25, 0.3) is 0 Å². The van der Waals surface area contributed by atoms with Crippen LogP contribution in [-0.4, -0.2) is 6.61 Å². The molecule has 0 aromatic heterocycles. The smallest absolute Gasteiger partial charge is 0.0885 e. The lowest BCUT2D eigenvalue weighted by molar-refractivity contribution is 0.199. The number of unbranched alkanes of at least 4 members (excludes halogenated alkanes) is 11. The maximum atomic E-state index is 5.49. The maximum Gasteiger partial charge on any atom is 0.0885 e. The monoisotopic (exact) mass is 268 g/mol. The van der Waals surface area contributed by atoms with Crippen molar-refractivity contribution in [2.24, 2.45) is 0 Å². The Bertz CT molecular complexity index is 186. The van der Waals surface area contributed by atoms with Gasteiger partial charge in [0.1, 0.15) is 0 Å². The molecule has 0 aromatic carbocycles. The molecule has 19 heavy (non-hydrogen) atoms. The highest BCUT2D eigenvalue weighted by atomic mass is 16.5. The highest BCUT2D eigenvalue weighted by Gasteiger charge is 1.94. The molecule has 0 unspecified atom stereocenters. The molecule has 0 aromatic rings. The fraction of sp³-hybridized carbons (Fsp3) is 0.889. The van der Waals surface area contributed by atoms with Crippen molar-refractivity contribution in [3.8, 4) is 0 Å². The first-order valence-corrected chi connectivity index (χ1v) is 8.61. The molecule has 1 nitrogen and oxygen atoms in total. The summed E-state index contributed by atoms with van der Waals surface area (Å²) >= 11 is 0. The van der Waals surface area contributed by atoms with Crippen LogP contribution in [0.3, 0.4) is 0 Å². The average Bonchev–Trinajstić information content (AvgIpc) is 2.43. The predicted octanol–water partition coefficient (Wildman–Crippen LogP) is 6.63. The molecule has 1 heteroatoms. The second-order valence-corrected chi connectivity index (χ2v) is 5.63. The van der Waals surface area contributed by atoms with Gasteiger partial charge in [-0.05, 0) is 6.42 Å². The van der Waals surface area contributed by atoms with E-state index in [-0.39, 0.29) is 0 Å². The summed E-state index contributed by atoms with van der Waals surface area (Å²) in [6.07, 6.45) is 17.7. The number of allylic oxidation sites excluding steroid dienone is 1. The zero-order chi connectivity index (χ0) is 14.2. The SMILES string of the molecule is C=C(CC)OCCCCCCCCCCCCCC. The minimum atomic E-state index is 0.865. The van der Waals surface area contributed by atoms with Gasteiger partial charge in [-0.25, -0.2) is 0 Å². The molecule has 0 amide bonds. The van der Waals surface area contributed by atoms with Crippen molar-refractivity contribution in [1.29, 1.82) is 0 Å². The van der Waals surface area contributed by atoms with E-state index in [1.807, 2.05) is 0 Å². The van der Waals surface area contributed by atoms with Crippen LogP contribution in [0.15, 0.2) is 12.3 Å². The normalized spacial score (nSPS) is 10.6. The Morgan fingerprint density at radius 3 is 1.53 bits per heavy atom. The van der Waals surface area contributed by atoms with Crippen molar-refractivity contribution >= 4 is 0 Å². The molecule has 0 bridgehead atoms. The van der Waals surface area contributed by atoms with E-state index in [1.165, 1.54) is 77.0 Å². The highest BCUT2D eigenvalue weighted by molar-refractivity contribution is 4.79. The standard InChI is InChI=1S/C18H36O/c1-4-6-7-8-9-10-11-12-13-14-15-16-17-19-18(3)5-2/h3-17H2,1-2H3. The van der Waals surface area contributed by atoms with Gasteiger partial charge in [-0.2, -0.15) is 0 Å². The Hall–Kier alpha value is -0.460. The van der Waals surface area contributed by atoms with Gasteiger partial charge in [0.15, 0.2) is 0 Å². The Morgan fingerprint density at radius 2 is 1.11 bits per heavy atom. The van der Waals surface area contributed by atoms with Crippen LogP contribution < -0.4 is 0 Å². The molecule has 0 N–H and O–H groups in total. The van der Waals surface area contributed by atoms with Gasteiger partial charge in [0.2, 0.25) is 0 Å². The van der Waals surface area contributed by atoms with Crippen LogP contribution in [0.5, 0.6) is 0 Å². The first-order valence-electron chi connectivity index (χ1n) is 8.61. The zero-order valence-corrected chi connectivity index (χ0v) is 13.5. The Balaban J connectivity index is 2.97. The van der Waals surface area contributed by atoms with Crippen molar-refractivity contribution in [2.75, 3.05) is 6.61 Å². The third kappa shape index (κ3) is 15.5. The molecule has 0 fully saturated rings. The summed E-state index contributed by atoms with van der Waals surface area (Å²) in [5, 5.41) is 0. The second kappa shape index (κ2) is 15.6. The minimum Gasteiger partial charge on any atom is -0.499 e. The molecule has 0 saturated heterocycles. The first kappa shape index (κ1) is 18.5. The van der Waals surface area contributed by atoms with E-state index in [0.29, 0.717) is 0 Å². The Morgan fingerprint density at radius 1 is 0.684 bits per heavy atom. The number of hydrogen-bond donors (Lipinski definition) is 0. The van der Waals surface area contributed by atoms with E-state index >= 15 is 0 Å². The van der Waals surface area contributed by atoms with Gasteiger partial charge < -0.3 is 4.74 Å². The third-order valence-electron chi connectivity index (χ3n) is 3.70. The van der Waals surface area contributed by atoms with E-state index in [9.17, 15) is 0 Å². The summed E-state index contributed by atoms with van der Waals surface area (Å²) in [6, 6.07) is 0. The Labute approximate surface area is 121 Å². The van der Waals surface area contributed by atoms with E-state index in [4.69, 9.17) is 4.74 Å². The van der Waals surface area contributed by atoms with Crippen molar-refractivity contribution in [1.82, 2.24) is 0 Å². The molecular weight excluding hydrogens is 232 g/mol. The fourth-order valence-electron chi connectivity index (χ4n) is 2.26. The van der Waals surface area contributed by atoms with Crippen LogP contribution in [0, 0.1) is 0 Å². The number of hydrogen-bond acceptors (Lipinski definition) is 1. The van der Waals surface area contributed by atoms with Crippen LogP contribution in [0.2, 0.25) is 0 Å². The van der Waals surface area contributed by atoms with Gasteiger partial charge in [0.05, 0.1) is 12.4 Å². The predicted molar refractivity (Wildman–Crippen MR) is 86.5 cm³/mol. The lowest BCUT2D eigenvalue weighted by atomic mass is 10.1. The molecule has 0 radical (unpaired) electrons. The van der Waals surface area contributed by atoms with Crippen molar-refractivity contribution in [3.63, 3.8) is 0 Å². The van der Waals surface area contributed by atoms with Gasteiger partial charge in [0, 0.05) is 6.42 Å². The fourth-order valence-corrected chi connectivity index (χ4v) is 2.26. The summed E-state index contributed by atoms with van der Waals surface area (Å²) in [6.45, 7) is 9.08. The zero-order valence-electron chi connectivity index (χ0n) is 13.5. The molecule has 0 aliphatic heterocycles. The van der Waals surface area contributed by atoms with E-state index in [1.54, 1.807) is 0 Å². The molecule has 0 saturated carbocycles. The van der Waals surface area contributed by atoms with Crippen molar-refractivity contribution < 1.29 is 4.74 Å². The molecule has 0 atom stereocenters. The average molecular weight is 268 g/mol. The molecule has 0 aliphatic carbocycles. The van der Waals surface area contributed by atoms with Gasteiger partial charge in [-0.1, -0.05) is 91.1 Å². The maximum absolute atomic E-state index is 5.49. The van der Waals surface area contributed by atoms with Crippen LogP contribution in [0.4, 0.5) is 0 Å². The minimum absolute atomic E-state index is 0.865. The second-order valence-electron chi connectivity index (χ2n) is 5.63. The van der Waals surface area contributed by atoms with Crippen LogP contribution in [0.1, 0.15) is 97.3 Å². The van der Waals surface area contributed by atoms with E-state index < -0.39 is 0 Å². The topological polar surface area (TPSA) is 9.23 Å². The van der Waals surface area contributed by atoms with Gasteiger partial charge in [-0.15, -0.1) is 0 Å². The Kier molecular flexibility index (Phi) is 15.2. The summed E-state index contributed by atoms with van der Waals surface area (Å²) in [7, 11) is 0. The quantitative estimate of drug-likeness (QED) is 0.239. The van der Waals surface area contributed by atoms with E-state index in [0.717, 1.165) is 18.8 Å². The van der Waals surface area contributed by atoms with Gasteiger partial charge >= 0.3 is 0 Å². The lowest BCUT2D eigenvalue weighted by Crippen LogP contribution is -1.93. The molecule has 114 valence electrons. The van der Waals surface area contributed by atoms with Gasteiger partial charge in [0.25, 0.3) is 0 Å².